The Balaban J connectivity index is 1.61. The number of carbonyl (C=O) groups is 1. The fraction of sp³-hybridized carbons (Fsp3) is 0.0400. The Labute approximate surface area is 188 Å². The highest BCUT2D eigenvalue weighted by atomic mass is 16.3. The largest absolute Gasteiger partial charge is 0.463 e. The molecule has 3 aromatic heterocycles. The third-order valence-corrected chi connectivity index (χ3v) is 5.11. The molecule has 1 amide bonds. The zero-order valence-corrected chi connectivity index (χ0v) is 17.6. The van der Waals surface area contributed by atoms with E-state index in [1.807, 2.05) is 49.4 Å². The number of amides is 1. The van der Waals surface area contributed by atoms with Gasteiger partial charge in [0.15, 0.2) is 5.76 Å². The van der Waals surface area contributed by atoms with Gasteiger partial charge in [0.25, 0.3) is 11.5 Å². The van der Waals surface area contributed by atoms with Crippen molar-refractivity contribution in [3.05, 3.63) is 107 Å². The summed E-state index contributed by atoms with van der Waals surface area (Å²) in [6.07, 6.45) is 1.54. The van der Waals surface area contributed by atoms with Crippen molar-refractivity contribution < 1.29 is 9.21 Å². The maximum absolute atomic E-state index is 13.0. The maximum Gasteiger partial charge on any atom is 0.257 e. The van der Waals surface area contributed by atoms with E-state index in [9.17, 15) is 9.59 Å². The van der Waals surface area contributed by atoms with Gasteiger partial charge in [0, 0.05) is 23.3 Å². The molecule has 0 aliphatic rings. The summed E-state index contributed by atoms with van der Waals surface area (Å²) in [5.41, 5.74) is 2.78. The second kappa shape index (κ2) is 8.43. The highest BCUT2D eigenvalue weighted by Crippen LogP contribution is 2.25. The Kier molecular flexibility index (Phi) is 5.16. The summed E-state index contributed by atoms with van der Waals surface area (Å²) in [4.78, 5) is 32.8. The summed E-state index contributed by atoms with van der Waals surface area (Å²) < 4.78 is 6.86. The van der Waals surface area contributed by atoms with Crippen molar-refractivity contribution in [1.82, 2.24) is 19.7 Å². The number of aromatic amines is 1. The first-order valence-electron chi connectivity index (χ1n) is 10.3. The monoisotopic (exact) mass is 437 g/mol. The summed E-state index contributed by atoms with van der Waals surface area (Å²) in [6.45, 7) is 1.86. The molecular weight excluding hydrogens is 418 g/mol. The summed E-state index contributed by atoms with van der Waals surface area (Å²) in [7, 11) is 0. The molecule has 0 radical (unpaired) electrons. The predicted octanol–water partition coefficient (Wildman–Crippen LogP) is 4.44. The van der Waals surface area contributed by atoms with Gasteiger partial charge in [-0.05, 0) is 30.7 Å². The van der Waals surface area contributed by atoms with Crippen LogP contribution in [0.5, 0.6) is 0 Å². The molecule has 0 bridgehead atoms. The highest BCUT2D eigenvalue weighted by Gasteiger charge is 2.19. The number of carbonyl (C=O) groups excluding carboxylic acids is 1. The Hall–Kier alpha value is -4.72. The second-order valence-electron chi connectivity index (χ2n) is 7.39. The van der Waals surface area contributed by atoms with Crippen LogP contribution in [0.4, 0.5) is 5.82 Å². The Morgan fingerprint density at radius 2 is 1.76 bits per heavy atom. The van der Waals surface area contributed by atoms with Crippen LogP contribution in [0.2, 0.25) is 0 Å². The lowest BCUT2D eigenvalue weighted by Crippen LogP contribution is -2.19. The van der Waals surface area contributed by atoms with Gasteiger partial charge in [-0.25, -0.2) is 4.98 Å². The molecule has 8 nitrogen and oxygen atoms in total. The van der Waals surface area contributed by atoms with Crippen molar-refractivity contribution in [3.63, 3.8) is 0 Å². The summed E-state index contributed by atoms with van der Waals surface area (Å²) in [5, 5.41) is 7.43. The molecule has 8 heteroatoms. The number of hydrogen-bond acceptors (Lipinski definition) is 5. The molecule has 0 atom stereocenters. The number of furan rings is 1. The van der Waals surface area contributed by atoms with E-state index < -0.39 is 0 Å². The van der Waals surface area contributed by atoms with Crippen molar-refractivity contribution in [3.8, 4) is 28.7 Å². The molecular formula is C25H19N5O3. The van der Waals surface area contributed by atoms with Crippen LogP contribution in [0.1, 0.15) is 15.9 Å². The van der Waals surface area contributed by atoms with E-state index in [2.05, 4.69) is 20.4 Å². The highest BCUT2D eigenvalue weighted by molar-refractivity contribution is 6.05. The lowest BCUT2D eigenvalue weighted by molar-refractivity contribution is 0.102. The lowest BCUT2D eigenvalue weighted by atomic mass is 10.1. The Morgan fingerprint density at radius 3 is 2.52 bits per heavy atom. The van der Waals surface area contributed by atoms with E-state index >= 15 is 0 Å². The van der Waals surface area contributed by atoms with Gasteiger partial charge in [-0.2, -0.15) is 9.78 Å². The SMILES string of the molecule is Cc1ccccc1C(=O)Nc1cc(-c2ccco2)nn1-c1nc(-c2ccccc2)cc(=O)[nH]1. The average Bonchev–Trinajstić information content (AvgIpc) is 3.50. The molecule has 5 rings (SSSR count). The molecule has 0 unspecified atom stereocenters. The van der Waals surface area contributed by atoms with E-state index in [0.717, 1.165) is 11.1 Å². The van der Waals surface area contributed by atoms with E-state index in [1.165, 1.54) is 17.0 Å². The number of anilines is 1. The molecule has 2 N–H and O–H groups in total. The number of hydrogen-bond donors (Lipinski definition) is 2. The van der Waals surface area contributed by atoms with Crippen LogP contribution < -0.4 is 10.9 Å². The maximum atomic E-state index is 13.0. The van der Waals surface area contributed by atoms with Crippen molar-refractivity contribution in [1.29, 1.82) is 0 Å². The minimum Gasteiger partial charge on any atom is -0.463 e. The molecule has 0 saturated carbocycles. The summed E-state index contributed by atoms with van der Waals surface area (Å²) in [5.74, 6) is 0.714. The molecule has 0 aliphatic carbocycles. The van der Waals surface area contributed by atoms with Crippen LogP contribution in [0.3, 0.4) is 0 Å². The fourth-order valence-electron chi connectivity index (χ4n) is 3.49. The Morgan fingerprint density at radius 1 is 0.970 bits per heavy atom. The second-order valence-corrected chi connectivity index (χ2v) is 7.39. The summed E-state index contributed by atoms with van der Waals surface area (Å²) >= 11 is 0. The number of aromatic nitrogens is 4. The topological polar surface area (TPSA) is 106 Å². The Bertz CT molecular complexity index is 1480. The third-order valence-electron chi connectivity index (χ3n) is 5.11. The van der Waals surface area contributed by atoms with E-state index in [1.54, 1.807) is 30.3 Å². The molecule has 0 aliphatic heterocycles. The number of aryl methyl sites for hydroxylation is 1. The van der Waals surface area contributed by atoms with Crippen LogP contribution >= 0.6 is 0 Å². The third kappa shape index (κ3) is 4.09. The van der Waals surface area contributed by atoms with Gasteiger partial charge in [-0.3, -0.25) is 14.6 Å². The first-order valence-corrected chi connectivity index (χ1v) is 10.3. The average molecular weight is 437 g/mol. The molecule has 162 valence electrons. The van der Waals surface area contributed by atoms with Gasteiger partial charge < -0.3 is 9.73 Å². The zero-order valence-electron chi connectivity index (χ0n) is 17.6. The van der Waals surface area contributed by atoms with E-state index in [-0.39, 0.29) is 17.4 Å². The molecule has 5 aromatic rings. The van der Waals surface area contributed by atoms with Crippen LogP contribution in [0.25, 0.3) is 28.7 Å². The van der Waals surface area contributed by atoms with Crippen molar-refractivity contribution >= 4 is 11.7 Å². The first-order chi connectivity index (χ1) is 16.1. The van der Waals surface area contributed by atoms with Gasteiger partial charge in [-0.1, -0.05) is 48.5 Å². The van der Waals surface area contributed by atoms with E-state index in [4.69, 9.17) is 4.42 Å². The quantitative estimate of drug-likeness (QED) is 0.423. The number of H-pyrrole nitrogens is 1. The predicted molar refractivity (Wildman–Crippen MR) is 124 cm³/mol. The summed E-state index contributed by atoms with van der Waals surface area (Å²) in [6, 6.07) is 23.2. The van der Waals surface area contributed by atoms with Gasteiger partial charge >= 0.3 is 0 Å². The number of benzene rings is 2. The number of rotatable bonds is 5. The molecule has 33 heavy (non-hydrogen) atoms. The normalized spacial score (nSPS) is 10.8. The molecule has 0 fully saturated rings. The van der Waals surface area contributed by atoms with Crippen molar-refractivity contribution in [2.75, 3.05) is 5.32 Å². The molecule has 3 heterocycles. The molecule has 0 spiro atoms. The van der Waals surface area contributed by atoms with Crippen LogP contribution in [-0.2, 0) is 0 Å². The van der Waals surface area contributed by atoms with Gasteiger partial charge in [0.05, 0.1) is 12.0 Å². The standard InChI is InChI=1S/C25H19N5O3/c1-16-8-5-6-11-18(16)24(32)27-22-14-20(21-12-7-13-33-21)29-30(22)25-26-19(15-23(31)28-25)17-9-3-2-4-10-17/h2-15H,1H3,(H,27,32)(H,26,28,31). The van der Waals surface area contributed by atoms with Crippen LogP contribution in [0, 0.1) is 6.92 Å². The molecule has 0 saturated heterocycles. The smallest absolute Gasteiger partial charge is 0.257 e. The van der Waals surface area contributed by atoms with Crippen LogP contribution in [0.15, 0.2) is 94.3 Å². The molecule has 2 aromatic carbocycles. The first kappa shape index (κ1) is 20.2. The number of nitrogens with zero attached hydrogens (tertiary/aromatic N) is 3. The van der Waals surface area contributed by atoms with Gasteiger partial charge in [0.2, 0.25) is 5.95 Å². The fourth-order valence-corrected chi connectivity index (χ4v) is 3.49. The van der Waals surface area contributed by atoms with Gasteiger partial charge in [0.1, 0.15) is 11.5 Å². The minimum atomic E-state index is -0.343. The lowest BCUT2D eigenvalue weighted by Gasteiger charge is -2.10. The minimum absolute atomic E-state index is 0.166. The van der Waals surface area contributed by atoms with E-state index in [0.29, 0.717) is 28.5 Å². The van der Waals surface area contributed by atoms with Crippen LogP contribution in [-0.4, -0.2) is 25.7 Å². The van der Waals surface area contributed by atoms with Crippen molar-refractivity contribution in [2.45, 2.75) is 6.92 Å². The zero-order chi connectivity index (χ0) is 22.8. The van der Waals surface area contributed by atoms with Gasteiger partial charge in [-0.15, -0.1) is 0 Å². The number of nitrogens with one attached hydrogen (secondary N) is 2. The van der Waals surface area contributed by atoms with Crippen molar-refractivity contribution in [2.24, 2.45) is 0 Å².